The Hall–Kier alpha value is -0.980. The number of imidazole rings is 1. The molecule has 0 aliphatic carbocycles. The molecule has 0 fully saturated rings. The van der Waals surface area contributed by atoms with Gasteiger partial charge < -0.3 is 49.0 Å². The summed E-state index contributed by atoms with van der Waals surface area (Å²) < 4.78 is 26.6. The van der Waals surface area contributed by atoms with Gasteiger partial charge in [-0.05, 0) is 12.1 Å². The first-order valence-corrected chi connectivity index (χ1v) is 9.89. The topological polar surface area (TPSA) is 262 Å². The van der Waals surface area contributed by atoms with Crippen molar-refractivity contribution in [2.24, 2.45) is 0 Å². The molecule has 0 spiro atoms. The molecule has 0 radical (unpaired) electrons. The van der Waals surface area contributed by atoms with Crippen LogP contribution in [0.1, 0.15) is 0 Å². The first-order chi connectivity index (χ1) is 10.5. The average molecular weight is 412 g/mol. The van der Waals surface area contributed by atoms with Crippen LogP contribution in [0.4, 0.5) is 0 Å². The number of rotatable bonds is 0. The minimum Gasteiger partial charge on any atom is -0.345 e. The van der Waals surface area contributed by atoms with Crippen LogP contribution >= 0.6 is 23.5 Å². The summed E-state index contributed by atoms with van der Waals surface area (Å²) in [7, 11) is -13.9. The number of hydrogen-bond donors (Lipinski definition) is 10. The Balaban J connectivity index is 0. The van der Waals surface area contributed by atoms with Crippen molar-refractivity contribution in [3.05, 3.63) is 30.6 Å². The van der Waals surface area contributed by atoms with Crippen molar-refractivity contribution in [2.75, 3.05) is 0 Å². The van der Waals surface area contributed by atoms with Crippen molar-refractivity contribution in [3.8, 4) is 0 Å². The normalized spacial score (nSPS) is 11.2. The van der Waals surface area contributed by atoms with Crippen molar-refractivity contribution < 1.29 is 57.7 Å². The van der Waals surface area contributed by atoms with Crippen molar-refractivity contribution in [2.45, 2.75) is 0 Å². The van der Waals surface area contributed by atoms with Gasteiger partial charge in [-0.3, -0.25) is 0 Å². The van der Waals surface area contributed by atoms with E-state index in [-0.39, 0.29) is 0 Å². The fourth-order valence-corrected chi connectivity index (χ4v) is 0.880. The predicted molar refractivity (Wildman–Crippen MR) is 78.9 cm³/mol. The molecule has 0 aliphatic heterocycles. The average Bonchev–Trinajstić information content (AvgIpc) is 2.69. The molecule has 1 aromatic carbocycles. The number of aromatic nitrogens is 2. The van der Waals surface area contributed by atoms with Gasteiger partial charge in [0.2, 0.25) is 0 Å². The lowest BCUT2D eigenvalue weighted by molar-refractivity contribution is 0.272. The van der Waals surface area contributed by atoms with Gasteiger partial charge in [0.1, 0.15) is 0 Å². The molecule has 10 N–H and O–H groups in total. The number of nitrogens with zero attached hydrogens (tertiary/aromatic N) is 1. The van der Waals surface area contributed by atoms with Crippen molar-refractivity contribution >= 4 is 34.5 Å². The third-order valence-corrected chi connectivity index (χ3v) is 1.33. The maximum atomic E-state index is 8.88. The van der Waals surface area contributed by atoms with Gasteiger partial charge in [0.05, 0.1) is 17.4 Å². The van der Waals surface area contributed by atoms with E-state index in [2.05, 4.69) is 9.97 Å². The molecule has 1 heterocycles. The van der Waals surface area contributed by atoms with E-state index >= 15 is 0 Å². The molecule has 0 amide bonds. The molecule has 0 saturated heterocycles. The van der Waals surface area contributed by atoms with E-state index in [1.54, 1.807) is 6.33 Å². The third kappa shape index (κ3) is 32.8. The van der Waals surface area contributed by atoms with Crippen molar-refractivity contribution in [1.29, 1.82) is 0 Å². The van der Waals surface area contributed by atoms with E-state index in [1.165, 1.54) is 0 Å². The zero-order valence-electron chi connectivity index (χ0n) is 11.4. The van der Waals surface area contributed by atoms with E-state index < -0.39 is 23.5 Å². The fraction of sp³-hybridized carbons (Fsp3) is 0. The van der Waals surface area contributed by atoms with Gasteiger partial charge in [0.25, 0.3) is 0 Å². The molecule has 14 nitrogen and oxygen atoms in total. The van der Waals surface area contributed by atoms with Gasteiger partial charge in [-0.1, -0.05) is 12.1 Å². The molecule has 0 saturated carbocycles. The first kappa shape index (κ1) is 25.3. The Morgan fingerprint density at radius 1 is 0.708 bits per heavy atom. The van der Waals surface area contributed by atoms with E-state index in [0.717, 1.165) is 11.0 Å². The van der Waals surface area contributed by atoms with Crippen molar-refractivity contribution in [3.63, 3.8) is 0 Å². The number of phosphoric acid groups is 3. The van der Waals surface area contributed by atoms with Crippen LogP contribution < -0.4 is 0 Å². The smallest absolute Gasteiger partial charge is 0.345 e. The summed E-state index contributed by atoms with van der Waals surface area (Å²) >= 11 is 0. The maximum absolute atomic E-state index is 8.88. The van der Waals surface area contributed by atoms with Crippen LogP contribution in [-0.4, -0.2) is 54.0 Å². The van der Waals surface area contributed by atoms with Crippen LogP contribution in [0, 0.1) is 0 Å². The van der Waals surface area contributed by atoms with Crippen molar-refractivity contribution in [1.82, 2.24) is 9.97 Å². The monoisotopic (exact) mass is 412 g/mol. The molecule has 2 aromatic rings. The van der Waals surface area contributed by atoms with E-state index in [0.29, 0.717) is 0 Å². The molecular weight excluding hydrogens is 397 g/mol. The lowest BCUT2D eigenvalue weighted by Gasteiger charge is -1.82. The van der Waals surface area contributed by atoms with Gasteiger partial charge in [-0.15, -0.1) is 0 Å². The largest absolute Gasteiger partial charge is 0.466 e. The SMILES string of the molecule is O=P(O)(O)O.O=P(O)(O)O.O=P(O)(O)O.c1ccc2[nH]cnc2c1. The molecule has 24 heavy (non-hydrogen) atoms. The van der Waals surface area contributed by atoms with Gasteiger partial charge >= 0.3 is 23.5 Å². The van der Waals surface area contributed by atoms with E-state index in [4.69, 9.17) is 57.7 Å². The van der Waals surface area contributed by atoms with Crippen LogP contribution in [0.5, 0.6) is 0 Å². The summed E-state index contributed by atoms with van der Waals surface area (Å²) in [6, 6.07) is 7.94. The predicted octanol–water partition coefficient (Wildman–Crippen LogP) is -1.22. The van der Waals surface area contributed by atoms with Crippen LogP contribution in [0.3, 0.4) is 0 Å². The molecule has 17 heteroatoms. The highest BCUT2D eigenvalue weighted by molar-refractivity contribution is 7.45. The number of benzene rings is 1. The molecule has 0 unspecified atom stereocenters. The fourth-order valence-electron chi connectivity index (χ4n) is 0.880. The summed E-state index contributed by atoms with van der Waals surface area (Å²) in [5.74, 6) is 0. The summed E-state index contributed by atoms with van der Waals surface area (Å²) in [6.45, 7) is 0. The molecule has 1 aromatic heterocycles. The number of aromatic amines is 1. The number of para-hydroxylation sites is 2. The number of hydrogen-bond acceptors (Lipinski definition) is 4. The Bertz CT molecular complexity index is 626. The second-order valence-corrected chi connectivity index (χ2v) is 6.54. The Morgan fingerprint density at radius 2 is 1.04 bits per heavy atom. The standard InChI is InChI=1S/C7H6N2.3H3O4P/c1-2-4-7-6(3-1)8-5-9-7;3*1-5(2,3)4/h1-5H,(H,8,9);3*(H3,1,2,3,4). The second-order valence-electron chi connectivity index (χ2n) is 3.46. The second kappa shape index (κ2) is 10.8. The van der Waals surface area contributed by atoms with Gasteiger partial charge in [-0.2, -0.15) is 0 Å². The van der Waals surface area contributed by atoms with E-state index in [9.17, 15) is 0 Å². The minimum atomic E-state index is -4.64. The summed E-state index contributed by atoms with van der Waals surface area (Å²) in [5, 5.41) is 0. The number of H-pyrrole nitrogens is 1. The van der Waals surface area contributed by atoms with Gasteiger partial charge in [0.15, 0.2) is 0 Å². The lowest BCUT2D eigenvalue weighted by atomic mass is 10.3. The van der Waals surface area contributed by atoms with Gasteiger partial charge in [0, 0.05) is 0 Å². The Morgan fingerprint density at radius 3 is 1.38 bits per heavy atom. The molecule has 2 rings (SSSR count). The Kier molecular flexibility index (Phi) is 11.4. The van der Waals surface area contributed by atoms with Gasteiger partial charge in [-0.25, -0.2) is 18.7 Å². The number of nitrogens with one attached hydrogen (secondary N) is 1. The highest BCUT2D eigenvalue weighted by Crippen LogP contribution is 2.26. The maximum Gasteiger partial charge on any atom is 0.466 e. The molecule has 0 bridgehead atoms. The first-order valence-electron chi connectivity index (χ1n) is 5.20. The molecule has 0 aliphatic rings. The minimum absolute atomic E-state index is 1.03. The van der Waals surface area contributed by atoms with Crippen LogP contribution in [0.25, 0.3) is 11.0 Å². The zero-order chi connectivity index (χ0) is 19.6. The zero-order valence-corrected chi connectivity index (χ0v) is 14.1. The summed E-state index contributed by atoms with van der Waals surface area (Å²) in [4.78, 5) is 71.8. The summed E-state index contributed by atoms with van der Waals surface area (Å²) in [5.41, 5.74) is 2.12. The quantitative estimate of drug-likeness (QED) is 0.228. The van der Waals surface area contributed by atoms with E-state index in [1.807, 2.05) is 24.3 Å². The molecule has 0 atom stereocenters. The highest BCUT2D eigenvalue weighted by Gasteiger charge is 2.01. The van der Waals surface area contributed by atoms with Crippen LogP contribution in [0.15, 0.2) is 30.6 Å². The molecule has 140 valence electrons. The van der Waals surface area contributed by atoms with Crippen LogP contribution in [0.2, 0.25) is 0 Å². The van der Waals surface area contributed by atoms with Crippen LogP contribution in [-0.2, 0) is 13.7 Å². The number of fused-ring (bicyclic) bond motifs is 1. The third-order valence-electron chi connectivity index (χ3n) is 1.33. The molecular formula is C7H15N2O12P3. The highest BCUT2D eigenvalue weighted by atomic mass is 31.2. The lowest BCUT2D eigenvalue weighted by Crippen LogP contribution is -1.66. The summed E-state index contributed by atoms with van der Waals surface area (Å²) in [6.07, 6.45) is 1.70. The Labute approximate surface area is 133 Å².